The lowest BCUT2D eigenvalue weighted by Crippen LogP contribution is -2.10. The normalized spacial score (nSPS) is 11.4. The van der Waals surface area contributed by atoms with Gasteiger partial charge >= 0.3 is 0 Å². The largest absolute Gasteiger partial charge is 0.310 e. The lowest BCUT2D eigenvalue weighted by molar-refractivity contribution is 1.18. The molecule has 13 aromatic carbocycles. The van der Waals surface area contributed by atoms with Crippen LogP contribution in [0.15, 0.2) is 328 Å². The number of rotatable bonds is 12. The van der Waals surface area contributed by atoms with Gasteiger partial charge in [0.2, 0.25) is 0 Å². The number of para-hydroxylation sites is 4. The van der Waals surface area contributed by atoms with E-state index in [9.17, 15) is 0 Å². The fraction of sp³-hybridized carbons (Fsp3) is 0. The molecule has 0 radical (unpaired) electrons. The predicted molar refractivity (Wildman–Crippen MR) is 346 cm³/mol. The number of anilines is 6. The molecule has 15 aromatic rings. The molecule has 0 atom stereocenters. The Morgan fingerprint density at radius 2 is 0.488 bits per heavy atom. The van der Waals surface area contributed by atoms with Crippen molar-refractivity contribution in [3.8, 4) is 55.9 Å². The summed E-state index contributed by atoms with van der Waals surface area (Å²) in [5, 5.41) is 4.82. The highest BCUT2D eigenvalue weighted by atomic mass is 15.2. The first-order valence-electron chi connectivity index (χ1n) is 28.1. The van der Waals surface area contributed by atoms with Crippen LogP contribution < -0.4 is 9.80 Å². The third-order valence-corrected chi connectivity index (χ3v) is 16.1. The Morgan fingerprint density at radius 1 is 0.195 bits per heavy atom. The summed E-state index contributed by atoms with van der Waals surface area (Å²) in [4.78, 5) is 4.86. The zero-order valence-electron chi connectivity index (χ0n) is 45.0. The maximum atomic E-state index is 2.43. The fourth-order valence-electron chi connectivity index (χ4n) is 12.3. The van der Waals surface area contributed by atoms with Gasteiger partial charge in [-0.25, -0.2) is 0 Å². The summed E-state index contributed by atoms with van der Waals surface area (Å²) in [5.41, 5.74) is 22.8. The standard InChI is InChI=1S/C78H54N4/c1-5-21-55(22-6-1)61-25-17-31-67(53-61)79(73-37-19-39-75-77(73)69-33-13-15-35-71(69)81(75)63-27-9-3-10-28-63)65-49-45-59(46-50-65)57-41-43-58(44-42-57)60-47-51-66(52-48-60)80(68-32-18-26-62(54-68)56-23-7-2-8-24-56)74-38-20-40-76-78(74)70-34-14-16-36-72(70)82(76)64-29-11-4-12-30-64/h1-54H. The van der Waals surface area contributed by atoms with E-state index in [0.717, 1.165) is 78.8 Å². The van der Waals surface area contributed by atoms with E-state index in [1.807, 2.05) is 0 Å². The van der Waals surface area contributed by atoms with Gasteiger partial charge in [-0.3, -0.25) is 0 Å². The van der Waals surface area contributed by atoms with Gasteiger partial charge in [0.1, 0.15) is 0 Å². The van der Waals surface area contributed by atoms with Gasteiger partial charge in [-0.05, 0) is 154 Å². The Hall–Kier alpha value is -10.9. The van der Waals surface area contributed by atoms with Crippen molar-refractivity contribution in [2.75, 3.05) is 9.80 Å². The van der Waals surface area contributed by atoms with E-state index < -0.39 is 0 Å². The van der Waals surface area contributed by atoms with Crippen LogP contribution in [0.25, 0.3) is 99.5 Å². The first-order valence-corrected chi connectivity index (χ1v) is 28.1. The molecule has 2 heterocycles. The van der Waals surface area contributed by atoms with Gasteiger partial charge in [0, 0.05) is 55.7 Å². The van der Waals surface area contributed by atoms with Crippen LogP contribution in [-0.4, -0.2) is 9.13 Å². The second-order valence-corrected chi connectivity index (χ2v) is 20.9. The smallest absolute Gasteiger partial charge is 0.0562 e. The molecule has 15 rings (SSSR count). The van der Waals surface area contributed by atoms with Crippen LogP contribution >= 0.6 is 0 Å². The highest BCUT2D eigenvalue weighted by molar-refractivity contribution is 6.18. The van der Waals surface area contributed by atoms with Crippen molar-refractivity contribution in [2.24, 2.45) is 0 Å². The fourth-order valence-corrected chi connectivity index (χ4v) is 12.3. The zero-order valence-corrected chi connectivity index (χ0v) is 45.0. The van der Waals surface area contributed by atoms with Crippen molar-refractivity contribution in [3.63, 3.8) is 0 Å². The summed E-state index contributed by atoms with van der Waals surface area (Å²) in [6.07, 6.45) is 0. The van der Waals surface area contributed by atoms with Crippen LogP contribution in [0.5, 0.6) is 0 Å². The van der Waals surface area contributed by atoms with E-state index in [4.69, 9.17) is 0 Å². The van der Waals surface area contributed by atoms with E-state index in [0.29, 0.717) is 0 Å². The molecule has 0 aliphatic carbocycles. The Balaban J connectivity index is 0.788. The van der Waals surface area contributed by atoms with Crippen LogP contribution in [0.1, 0.15) is 0 Å². The minimum atomic E-state index is 1.08. The van der Waals surface area contributed by atoms with Crippen molar-refractivity contribution in [1.82, 2.24) is 9.13 Å². The van der Waals surface area contributed by atoms with Crippen molar-refractivity contribution < 1.29 is 0 Å². The van der Waals surface area contributed by atoms with Crippen molar-refractivity contribution in [3.05, 3.63) is 328 Å². The van der Waals surface area contributed by atoms with E-state index in [-0.39, 0.29) is 0 Å². The molecule has 0 N–H and O–H groups in total. The minimum Gasteiger partial charge on any atom is -0.310 e. The SMILES string of the molecule is c1ccc(-c2cccc(N(c3ccc(-c4ccc(-c5ccc(N(c6cccc(-c7ccccc7)c6)c6cccc7c6c6ccccc6n7-c6ccccc6)cc5)cc4)cc3)c3cccc4c3c3ccccc3n4-c3ccccc3)c2)cc1. The number of nitrogens with zero attached hydrogens (tertiary/aromatic N) is 4. The Morgan fingerprint density at radius 3 is 0.878 bits per heavy atom. The third-order valence-electron chi connectivity index (χ3n) is 16.1. The molecule has 4 nitrogen and oxygen atoms in total. The van der Waals surface area contributed by atoms with Crippen LogP contribution in [0.4, 0.5) is 34.1 Å². The molecule has 0 unspecified atom stereocenters. The molecule has 4 heteroatoms. The summed E-state index contributed by atoms with van der Waals surface area (Å²) < 4.78 is 4.78. The van der Waals surface area contributed by atoms with Crippen molar-refractivity contribution in [1.29, 1.82) is 0 Å². The van der Waals surface area contributed by atoms with Gasteiger partial charge in [-0.2, -0.15) is 0 Å². The average Bonchev–Trinajstić information content (AvgIpc) is 3.95. The Kier molecular flexibility index (Phi) is 12.2. The number of fused-ring (bicyclic) bond motifs is 6. The maximum absolute atomic E-state index is 2.43. The first-order chi connectivity index (χ1) is 40.7. The van der Waals surface area contributed by atoms with Gasteiger partial charge in [0.05, 0.1) is 33.4 Å². The molecule has 0 saturated heterocycles. The van der Waals surface area contributed by atoms with Crippen LogP contribution in [0, 0.1) is 0 Å². The zero-order chi connectivity index (χ0) is 54.3. The van der Waals surface area contributed by atoms with E-state index in [1.165, 1.54) is 54.8 Å². The third kappa shape index (κ3) is 8.58. The van der Waals surface area contributed by atoms with E-state index >= 15 is 0 Å². The maximum Gasteiger partial charge on any atom is 0.0562 e. The average molecular weight is 1050 g/mol. The predicted octanol–water partition coefficient (Wildman–Crippen LogP) is 21.5. The molecular formula is C78H54N4. The topological polar surface area (TPSA) is 16.3 Å². The number of aromatic nitrogens is 2. The summed E-state index contributed by atoms with van der Waals surface area (Å²) in [6, 6.07) is 119. The second kappa shape index (κ2) is 20.7. The van der Waals surface area contributed by atoms with Crippen LogP contribution in [0.3, 0.4) is 0 Å². The molecule has 0 saturated carbocycles. The number of benzene rings is 13. The van der Waals surface area contributed by atoms with Gasteiger partial charge in [0.15, 0.2) is 0 Å². The molecule has 82 heavy (non-hydrogen) atoms. The number of hydrogen-bond acceptors (Lipinski definition) is 2. The van der Waals surface area contributed by atoms with Gasteiger partial charge in [-0.1, -0.05) is 218 Å². The van der Waals surface area contributed by atoms with Crippen LogP contribution in [-0.2, 0) is 0 Å². The van der Waals surface area contributed by atoms with E-state index in [1.54, 1.807) is 0 Å². The Bertz CT molecular complexity index is 4450. The second-order valence-electron chi connectivity index (χ2n) is 20.9. The highest BCUT2D eigenvalue weighted by Gasteiger charge is 2.24. The molecule has 0 aliphatic heterocycles. The first kappa shape index (κ1) is 48.2. The summed E-state index contributed by atoms with van der Waals surface area (Å²) >= 11 is 0. The highest BCUT2D eigenvalue weighted by Crippen LogP contribution is 2.47. The molecule has 0 aliphatic rings. The van der Waals surface area contributed by atoms with Crippen molar-refractivity contribution in [2.45, 2.75) is 0 Å². The lowest BCUT2D eigenvalue weighted by atomic mass is 9.99. The molecule has 0 amide bonds. The van der Waals surface area contributed by atoms with Crippen LogP contribution in [0.2, 0.25) is 0 Å². The van der Waals surface area contributed by atoms with Crippen molar-refractivity contribution >= 4 is 77.7 Å². The lowest BCUT2D eigenvalue weighted by Gasteiger charge is -2.27. The molecule has 2 aromatic heterocycles. The summed E-state index contributed by atoms with van der Waals surface area (Å²) in [7, 11) is 0. The molecule has 0 fully saturated rings. The van der Waals surface area contributed by atoms with Gasteiger partial charge in [-0.15, -0.1) is 0 Å². The van der Waals surface area contributed by atoms with Gasteiger partial charge in [0.25, 0.3) is 0 Å². The molecular weight excluding hydrogens is 993 g/mol. The summed E-state index contributed by atoms with van der Waals surface area (Å²) in [6.45, 7) is 0. The molecule has 0 spiro atoms. The molecule has 386 valence electrons. The number of hydrogen-bond donors (Lipinski definition) is 0. The van der Waals surface area contributed by atoms with Gasteiger partial charge < -0.3 is 18.9 Å². The molecule has 0 bridgehead atoms. The Labute approximate surface area is 477 Å². The minimum absolute atomic E-state index is 1.08. The monoisotopic (exact) mass is 1050 g/mol. The summed E-state index contributed by atoms with van der Waals surface area (Å²) in [5.74, 6) is 0. The quantitative estimate of drug-likeness (QED) is 0.121. The van der Waals surface area contributed by atoms with E-state index in [2.05, 4.69) is 347 Å².